The minimum Gasteiger partial charge on any atom is -0.477 e. The van der Waals surface area contributed by atoms with Crippen LogP contribution in [0.5, 0.6) is 11.6 Å². The van der Waals surface area contributed by atoms with Crippen LogP contribution in [0.15, 0.2) is 34.7 Å². The summed E-state index contributed by atoms with van der Waals surface area (Å²) in [6.45, 7) is 0. The van der Waals surface area contributed by atoms with Gasteiger partial charge in [0.2, 0.25) is 5.88 Å². The molecule has 0 atom stereocenters. The van der Waals surface area contributed by atoms with E-state index in [1.807, 2.05) is 0 Å². The molecule has 0 unspecified atom stereocenters. The third-order valence-corrected chi connectivity index (χ3v) is 4.14. The van der Waals surface area contributed by atoms with Crippen molar-refractivity contribution in [1.82, 2.24) is 4.98 Å². The molecule has 0 fully saturated rings. The quantitative estimate of drug-likeness (QED) is 0.928. The molecule has 1 N–H and O–H groups in total. The molecular formula is C11H9NO5S2. The number of pyridine rings is 1. The molecule has 2 aromatic heterocycles. The molecule has 2 aromatic rings. The number of hydrogen-bond acceptors (Lipinski definition) is 6. The molecule has 19 heavy (non-hydrogen) atoms. The van der Waals surface area contributed by atoms with Gasteiger partial charge < -0.3 is 9.84 Å². The monoisotopic (exact) mass is 299 g/mol. The predicted molar refractivity (Wildman–Crippen MR) is 68.7 cm³/mol. The Bertz CT molecular complexity index is 720. The summed E-state index contributed by atoms with van der Waals surface area (Å²) in [7, 11) is -3.46. The van der Waals surface area contributed by atoms with Crippen LogP contribution in [0, 0.1) is 0 Å². The minimum atomic E-state index is -3.46. The molecule has 0 amide bonds. The van der Waals surface area contributed by atoms with Crippen LogP contribution < -0.4 is 4.74 Å². The summed E-state index contributed by atoms with van der Waals surface area (Å²) in [6, 6.07) is 4.18. The van der Waals surface area contributed by atoms with Gasteiger partial charge >= 0.3 is 5.97 Å². The van der Waals surface area contributed by atoms with Crippen molar-refractivity contribution in [1.29, 1.82) is 0 Å². The fraction of sp³-hybridized carbons (Fsp3) is 0.0909. The average Bonchev–Trinajstić information content (AvgIpc) is 2.77. The Hall–Kier alpha value is -1.93. The molecule has 0 saturated heterocycles. The van der Waals surface area contributed by atoms with Gasteiger partial charge in [-0.25, -0.2) is 18.2 Å². The van der Waals surface area contributed by atoms with Crippen LogP contribution in [-0.4, -0.2) is 30.7 Å². The highest BCUT2D eigenvalue weighted by molar-refractivity contribution is 7.90. The van der Waals surface area contributed by atoms with Crippen LogP contribution in [-0.2, 0) is 9.84 Å². The van der Waals surface area contributed by atoms with Gasteiger partial charge in [0.15, 0.2) is 9.84 Å². The van der Waals surface area contributed by atoms with Gasteiger partial charge in [0.25, 0.3) is 0 Å². The summed E-state index contributed by atoms with van der Waals surface area (Å²) in [4.78, 5) is 14.6. The van der Waals surface area contributed by atoms with E-state index in [1.54, 1.807) is 0 Å². The zero-order valence-corrected chi connectivity index (χ0v) is 11.4. The number of rotatable bonds is 4. The van der Waals surface area contributed by atoms with Crippen molar-refractivity contribution >= 4 is 27.1 Å². The highest BCUT2D eigenvalue weighted by Crippen LogP contribution is 2.29. The van der Waals surface area contributed by atoms with E-state index in [0.29, 0.717) is 0 Å². The highest BCUT2D eigenvalue weighted by atomic mass is 32.2. The Balaban J connectivity index is 2.36. The second kappa shape index (κ2) is 4.98. The third-order valence-electron chi connectivity index (χ3n) is 2.14. The molecule has 0 bridgehead atoms. The van der Waals surface area contributed by atoms with Crippen LogP contribution in [0.4, 0.5) is 0 Å². The van der Waals surface area contributed by atoms with Crippen molar-refractivity contribution in [3.8, 4) is 11.6 Å². The first-order valence-corrected chi connectivity index (χ1v) is 7.80. The summed E-state index contributed by atoms with van der Waals surface area (Å²) in [6.07, 6.45) is 2.45. The maximum absolute atomic E-state index is 11.5. The Kier molecular flexibility index (Phi) is 3.54. The number of carboxylic acids is 1. The standard InChI is InChI=1S/C11H9NO5S2/c1-19(15,16)9-3-2-4-12-10(9)17-7-5-8(11(13)14)18-6-7/h2-6H,1H3,(H,13,14). The number of nitrogens with zero attached hydrogens (tertiary/aromatic N) is 1. The number of carbonyl (C=O) groups is 1. The lowest BCUT2D eigenvalue weighted by atomic mass is 10.4. The number of aromatic nitrogens is 1. The van der Waals surface area contributed by atoms with Gasteiger partial charge in [0.05, 0.1) is 0 Å². The first-order chi connectivity index (χ1) is 8.88. The van der Waals surface area contributed by atoms with E-state index in [2.05, 4.69) is 4.98 Å². The van der Waals surface area contributed by atoms with Gasteiger partial charge in [-0.3, -0.25) is 0 Å². The molecule has 2 heterocycles. The fourth-order valence-electron chi connectivity index (χ4n) is 1.33. The number of carboxylic acid groups (broad SMARTS) is 1. The maximum Gasteiger partial charge on any atom is 0.346 e. The molecule has 0 aliphatic carbocycles. The Morgan fingerprint density at radius 3 is 2.79 bits per heavy atom. The van der Waals surface area contributed by atoms with E-state index in [1.165, 1.54) is 29.8 Å². The van der Waals surface area contributed by atoms with Crippen molar-refractivity contribution in [2.75, 3.05) is 6.26 Å². The Labute approximate surface area is 113 Å². The van der Waals surface area contributed by atoms with Crippen LogP contribution >= 0.6 is 11.3 Å². The lowest BCUT2D eigenvalue weighted by Crippen LogP contribution is -2.01. The maximum atomic E-state index is 11.5. The molecule has 0 radical (unpaired) electrons. The van der Waals surface area contributed by atoms with Crippen molar-refractivity contribution in [2.24, 2.45) is 0 Å². The normalized spacial score (nSPS) is 11.2. The average molecular weight is 299 g/mol. The fourth-order valence-corrected chi connectivity index (χ4v) is 2.71. The molecule has 0 aliphatic heterocycles. The van der Waals surface area contributed by atoms with Gasteiger partial charge in [0.1, 0.15) is 15.5 Å². The predicted octanol–water partition coefficient (Wildman–Crippen LogP) is 2.04. The van der Waals surface area contributed by atoms with Gasteiger partial charge in [0, 0.05) is 23.9 Å². The van der Waals surface area contributed by atoms with Crippen molar-refractivity contribution in [3.63, 3.8) is 0 Å². The van der Waals surface area contributed by atoms with E-state index in [4.69, 9.17) is 9.84 Å². The van der Waals surface area contributed by atoms with Gasteiger partial charge in [-0.2, -0.15) is 0 Å². The van der Waals surface area contributed by atoms with E-state index in [9.17, 15) is 13.2 Å². The minimum absolute atomic E-state index is 0.0434. The molecule has 0 aromatic carbocycles. The largest absolute Gasteiger partial charge is 0.477 e. The van der Waals surface area contributed by atoms with E-state index < -0.39 is 15.8 Å². The lowest BCUT2D eigenvalue weighted by molar-refractivity contribution is 0.0702. The number of aromatic carboxylic acids is 1. The number of ether oxygens (including phenoxy) is 1. The van der Waals surface area contributed by atoms with Crippen LogP contribution in [0.25, 0.3) is 0 Å². The summed E-state index contributed by atoms with van der Waals surface area (Å²) < 4.78 is 28.4. The molecule has 2 rings (SSSR count). The van der Waals surface area contributed by atoms with Gasteiger partial charge in [-0.1, -0.05) is 0 Å². The molecule has 0 saturated carbocycles. The number of thiophene rings is 1. The summed E-state index contributed by atoms with van der Waals surface area (Å²) in [5, 5.41) is 10.3. The Morgan fingerprint density at radius 1 is 1.47 bits per heavy atom. The van der Waals surface area contributed by atoms with Crippen LogP contribution in [0.1, 0.15) is 9.67 Å². The van der Waals surface area contributed by atoms with E-state index in [0.717, 1.165) is 17.6 Å². The van der Waals surface area contributed by atoms with E-state index >= 15 is 0 Å². The molecule has 8 heteroatoms. The molecular weight excluding hydrogens is 290 g/mol. The van der Waals surface area contributed by atoms with Crippen LogP contribution in [0.2, 0.25) is 0 Å². The summed E-state index contributed by atoms with van der Waals surface area (Å²) in [5.74, 6) is -0.894. The lowest BCUT2D eigenvalue weighted by Gasteiger charge is -2.06. The Morgan fingerprint density at radius 2 is 2.21 bits per heavy atom. The highest BCUT2D eigenvalue weighted by Gasteiger charge is 2.17. The summed E-state index contributed by atoms with van der Waals surface area (Å²) in [5.41, 5.74) is 0. The number of hydrogen-bond donors (Lipinski definition) is 1. The topological polar surface area (TPSA) is 93.6 Å². The van der Waals surface area contributed by atoms with E-state index in [-0.39, 0.29) is 21.4 Å². The number of sulfone groups is 1. The van der Waals surface area contributed by atoms with Crippen LogP contribution in [0.3, 0.4) is 0 Å². The first-order valence-electron chi connectivity index (χ1n) is 5.02. The van der Waals surface area contributed by atoms with Gasteiger partial charge in [-0.15, -0.1) is 11.3 Å². The zero-order valence-electron chi connectivity index (χ0n) is 9.73. The summed E-state index contributed by atoms with van der Waals surface area (Å²) >= 11 is 0.988. The first kappa shape index (κ1) is 13.5. The molecule has 0 spiro atoms. The van der Waals surface area contributed by atoms with Crippen molar-refractivity contribution in [3.05, 3.63) is 34.7 Å². The third kappa shape index (κ3) is 3.09. The SMILES string of the molecule is CS(=O)(=O)c1cccnc1Oc1csc(C(=O)O)c1. The van der Waals surface area contributed by atoms with Gasteiger partial charge in [-0.05, 0) is 12.1 Å². The van der Waals surface area contributed by atoms with Crippen molar-refractivity contribution in [2.45, 2.75) is 4.90 Å². The smallest absolute Gasteiger partial charge is 0.346 e. The molecule has 0 aliphatic rings. The molecule has 100 valence electrons. The second-order valence-electron chi connectivity index (χ2n) is 3.63. The molecule has 6 nitrogen and oxygen atoms in total. The van der Waals surface area contributed by atoms with Crippen molar-refractivity contribution < 1.29 is 23.1 Å². The zero-order chi connectivity index (χ0) is 14.0. The second-order valence-corrected chi connectivity index (χ2v) is 6.53.